The molecule has 3 rings (SSSR count). The molecule has 0 aromatic heterocycles. The van der Waals surface area contributed by atoms with Crippen LogP contribution in [0.25, 0.3) is 0 Å². The van der Waals surface area contributed by atoms with Crippen molar-refractivity contribution in [3.63, 3.8) is 0 Å². The summed E-state index contributed by atoms with van der Waals surface area (Å²) in [4.78, 5) is 38.7. The third-order valence-electron chi connectivity index (χ3n) is 5.31. The van der Waals surface area contributed by atoms with Crippen LogP contribution in [0.3, 0.4) is 0 Å². The molecule has 140 valence electrons. The summed E-state index contributed by atoms with van der Waals surface area (Å²) < 4.78 is 0. The summed E-state index contributed by atoms with van der Waals surface area (Å²) in [6.07, 6.45) is 0.175. The van der Waals surface area contributed by atoms with Crippen LogP contribution < -0.4 is 5.32 Å². The summed E-state index contributed by atoms with van der Waals surface area (Å²) in [5.74, 6) is -4.23. The third kappa shape index (κ3) is 2.57. The van der Waals surface area contributed by atoms with Gasteiger partial charge in [-0.25, -0.2) is 0 Å². The molecule has 0 saturated carbocycles. The van der Waals surface area contributed by atoms with Gasteiger partial charge in [-0.15, -0.1) is 0 Å². The Morgan fingerprint density at radius 3 is 2.58 bits per heavy atom. The van der Waals surface area contributed by atoms with Crippen molar-refractivity contribution < 1.29 is 24.6 Å². The van der Waals surface area contributed by atoms with Gasteiger partial charge in [0.2, 0.25) is 11.8 Å². The molecule has 2 heterocycles. The van der Waals surface area contributed by atoms with Crippen molar-refractivity contribution in [3.8, 4) is 5.75 Å². The number of nitrogens with zero attached hydrogens (tertiary/aromatic N) is 1. The van der Waals surface area contributed by atoms with Crippen molar-refractivity contribution in [2.24, 2.45) is 17.8 Å². The molecule has 2 aliphatic heterocycles. The van der Waals surface area contributed by atoms with E-state index in [0.29, 0.717) is 10.6 Å². The second-order valence-electron chi connectivity index (χ2n) is 7.44. The standard InChI is InChI=1S/C18H21ClN2O5/c1-8(2)7-18(17(25)26)13-12(15(23)21(3)16(13)24)14(20-18)10-6-9(19)4-5-11(10)22/h4-6,8,12-14,20,22H,7H2,1-3H3,(H,25,26). The third-order valence-corrected chi connectivity index (χ3v) is 5.55. The number of amides is 2. The van der Waals surface area contributed by atoms with Gasteiger partial charge in [0.25, 0.3) is 0 Å². The van der Waals surface area contributed by atoms with Gasteiger partial charge in [-0.2, -0.15) is 0 Å². The van der Waals surface area contributed by atoms with Gasteiger partial charge < -0.3 is 10.2 Å². The predicted molar refractivity (Wildman–Crippen MR) is 93.6 cm³/mol. The Labute approximate surface area is 155 Å². The fourth-order valence-corrected chi connectivity index (χ4v) is 4.48. The van der Waals surface area contributed by atoms with E-state index in [2.05, 4.69) is 5.32 Å². The second-order valence-corrected chi connectivity index (χ2v) is 7.88. The van der Waals surface area contributed by atoms with Crippen molar-refractivity contribution in [2.75, 3.05) is 7.05 Å². The van der Waals surface area contributed by atoms with Crippen LogP contribution in [0.4, 0.5) is 0 Å². The van der Waals surface area contributed by atoms with Crippen LogP contribution in [-0.4, -0.2) is 45.5 Å². The zero-order valence-corrected chi connectivity index (χ0v) is 15.4. The van der Waals surface area contributed by atoms with Gasteiger partial charge in [-0.1, -0.05) is 25.4 Å². The monoisotopic (exact) mass is 380 g/mol. The van der Waals surface area contributed by atoms with E-state index in [9.17, 15) is 24.6 Å². The smallest absolute Gasteiger partial charge is 0.324 e. The van der Waals surface area contributed by atoms with E-state index in [1.165, 1.54) is 25.2 Å². The molecule has 1 aromatic rings. The molecule has 2 saturated heterocycles. The number of aromatic hydroxyl groups is 1. The lowest BCUT2D eigenvalue weighted by molar-refractivity contribution is -0.151. The number of carboxylic acids is 1. The van der Waals surface area contributed by atoms with E-state index in [0.717, 1.165) is 4.90 Å². The summed E-state index contributed by atoms with van der Waals surface area (Å²) in [5.41, 5.74) is -1.27. The zero-order chi connectivity index (χ0) is 19.4. The number of fused-ring (bicyclic) bond motifs is 1. The van der Waals surface area contributed by atoms with Gasteiger partial charge in [0, 0.05) is 23.7 Å². The Bertz CT molecular complexity index is 796. The molecular weight excluding hydrogens is 360 g/mol. The summed E-state index contributed by atoms with van der Waals surface area (Å²) in [6.45, 7) is 3.72. The lowest BCUT2D eigenvalue weighted by Crippen LogP contribution is -2.56. The maximum absolute atomic E-state index is 12.7. The molecule has 26 heavy (non-hydrogen) atoms. The van der Waals surface area contributed by atoms with Gasteiger partial charge in [0.1, 0.15) is 11.3 Å². The van der Waals surface area contributed by atoms with E-state index in [1.54, 1.807) is 0 Å². The normalized spacial score (nSPS) is 31.0. The van der Waals surface area contributed by atoms with Crippen LogP contribution in [0.1, 0.15) is 31.9 Å². The Morgan fingerprint density at radius 2 is 2.00 bits per heavy atom. The highest BCUT2D eigenvalue weighted by molar-refractivity contribution is 6.30. The molecule has 2 aliphatic rings. The molecule has 1 aromatic carbocycles. The van der Waals surface area contributed by atoms with Crippen molar-refractivity contribution in [3.05, 3.63) is 28.8 Å². The van der Waals surface area contributed by atoms with Crippen LogP contribution >= 0.6 is 11.6 Å². The minimum absolute atomic E-state index is 0.0280. The van der Waals surface area contributed by atoms with Crippen LogP contribution in [-0.2, 0) is 14.4 Å². The van der Waals surface area contributed by atoms with Crippen LogP contribution in [0.5, 0.6) is 5.75 Å². The van der Waals surface area contributed by atoms with Gasteiger partial charge in [0.15, 0.2) is 0 Å². The molecule has 4 atom stereocenters. The number of hydrogen-bond donors (Lipinski definition) is 3. The lowest BCUT2D eigenvalue weighted by Gasteiger charge is -2.32. The molecule has 2 fully saturated rings. The Hall–Kier alpha value is -2.12. The molecule has 0 radical (unpaired) electrons. The molecule has 8 heteroatoms. The van der Waals surface area contributed by atoms with Crippen molar-refractivity contribution in [2.45, 2.75) is 31.8 Å². The maximum atomic E-state index is 12.7. The number of carboxylic acid groups (broad SMARTS) is 1. The number of aliphatic carboxylic acids is 1. The van der Waals surface area contributed by atoms with Gasteiger partial charge in [-0.05, 0) is 30.5 Å². The van der Waals surface area contributed by atoms with Crippen LogP contribution in [0.15, 0.2) is 18.2 Å². The number of carbonyl (C=O) groups excluding carboxylic acids is 2. The minimum Gasteiger partial charge on any atom is -0.508 e. The summed E-state index contributed by atoms with van der Waals surface area (Å²) in [7, 11) is 1.36. The number of halogens is 1. The number of benzene rings is 1. The average molecular weight is 381 g/mol. The lowest BCUT2D eigenvalue weighted by atomic mass is 9.75. The first-order valence-corrected chi connectivity index (χ1v) is 8.79. The van der Waals surface area contributed by atoms with Crippen LogP contribution in [0, 0.1) is 17.8 Å². The molecule has 0 bridgehead atoms. The van der Waals surface area contributed by atoms with Crippen molar-refractivity contribution in [1.29, 1.82) is 0 Å². The molecule has 7 nitrogen and oxygen atoms in total. The fraction of sp³-hybridized carbons (Fsp3) is 0.500. The number of carbonyl (C=O) groups is 3. The first-order chi connectivity index (χ1) is 12.1. The number of rotatable bonds is 4. The van der Waals surface area contributed by atoms with Crippen molar-refractivity contribution in [1.82, 2.24) is 10.2 Å². The first-order valence-electron chi connectivity index (χ1n) is 8.41. The molecule has 4 unspecified atom stereocenters. The summed E-state index contributed by atoms with van der Waals surface area (Å²) >= 11 is 6.03. The molecule has 0 aliphatic carbocycles. The van der Waals surface area contributed by atoms with Gasteiger partial charge in [-0.3, -0.25) is 24.6 Å². The van der Waals surface area contributed by atoms with Gasteiger partial charge in [0.05, 0.1) is 11.8 Å². The molecule has 3 N–H and O–H groups in total. The SMILES string of the molecule is CC(C)CC1(C(=O)O)NC(c2cc(Cl)ccc2O)C2C(=O)N(C)C(=O)C21. The van der Waals surface area contributed by atoms with E-state index in [-0.39, 0.29) is 18.1 Å². The zero-order valence-electron chi connectivity index (χ0n) is 14.7. The number of hydrogen-bond acceptors (Lipinski definition) is 5. The number of imide groups is 1. The second kappa shape index (κ2) is 6.25. The Kier molecular flexibility index (Phi) is 4.48. The van der Waals surface area contributed by atoms with Crippen molar-refractivity contribution >= 4 is 29.4 Å². The highest BCUT2D eigenvalue weighted by Crippen LogP contribution is 2.52. The predicted octanol–water partition coefficient (Wildman–Crippen LogP) is 1.79. The highest BCUT2D eigenvalue weighted by Gasteiger charge is 2.68. The molecule has 2 amide bonds. The summed E-state index contributed by atoms with van der Waals surface area (Å²) in [6, 6.07) is 3.56. The quantitative estimate of drug-likeness (QED) is 0.687. The number of likely N-dealkylation sites (tertiary alicyclic amines) is 1. The largest absolute Gasteiger partial charge is 0.508 e. The topological polar surface area (TPSA) is 107 Å². The number of phenols is 1. The molecule has 0 spiro atoms. The van der Waals surface area contributed by atoms with Gasteiger partial charge >= 0.3 is 5.97 Å². The highest BCUT2D eigenvalue weighted by atomic mass is 35.5. The molecular formula is C18H21ClN2O5. The number of phenolic OH excluding ortho intramolecular Hbond substituents is 1. The average Bonchev–Trinajstić information content (AvgIpc) is 3.00. The van der Waals surface area contributed by atoms with E-state index >= 15 is 0 Å². The Morgan fingerprint density at radius 1 is 1.35 bits per heavy atom. The Balaban J connectivity index is 2.19. The summed E-state index contributed by atoms with van der Waals surface area (Å²) in [5, 5.41) is 23.6. The van der Waals surface area contributed by atoms with E-state index < -0.39 is 41.2 Å². The van der Waals surface area contributed by atoms with E-state index in [1.807, 2.05) is 13.8 Å². The fourth-order valence-electron chi connectivity index (χ4n) is 4.30. The first kappa shape index (κ1) is 18.7. The maximum Gasteiger partial charge on any atom is 0.324 e. The number of nitrogens with one attached hydrogen (secondary N) is 1. The minimum atomic E-state index is -1.59. The van der Waals surface area contributed by atoms with E-state index in [4.69, 9.17) is 11.6 Å². The van der Waals surface area contributed by atoms with Crippen LogP contribution in [0.2, 0.25) is 5.02 Å².